The fourth-order valence-electron chi connectivity index (χ4n) is 3.55. The van der Waals surface area contributed by atoms with Crippen LogP contribution in [0.5, 0.6) is 0 Å². The molecule has 3 rings (SSSR count). The maximum Gasteiger partial charge on any atom is 0.270 e. The fourth-order valence-corrected chi connectivity index (χ4v) is 3.55. The van der Waals surface area contributed by atoms with E-state index in [2.05, 4.69) is 12.0 Å². The number of nitrogens with zero attached hydrogens (tertiary/aromatic N) is 3. The summed E-state index contributed by atoms with van der Waals surface area (Å²) in [6.07, 6.45) is 5.05. The highest BCUT2D eigenvalue weighted by Crippen LogP contribution is 2.26. The Labute approximate surface area is 143 Å². The monoisotopic (exact) mass is 327 g/mol. The minimum atomic E-state index is -0.0495. The van der Waals surface area contributed by atoms with Crippen molar-refractivity contribution < 1.29 is 9.59 Å². The number of hydrogen-bond acceptors (Lipinski definition) is 3. The molecular weight excluding hydrogens is 302 g/mol. The zero-order chi connectivity index (χ0) is 17.1. The lowest BCUT2D eigenvalue weighted by Crippen LogP contribution is -2.48. The third kappa shape index (κ3) is 3.21. The zero-order valence-corrected chi connectivity index (χ0v) is 14.5. The number of anilines is 1. The first-order chi connectivity index (χ1) is 11.6. The Morgan fingerprint density at radius 3 is 2.79 bits per heavy atom. The Morgan fingerprint density at radius 2 is 2.04 bits per heavy atom. The zero-order valence-electron chi connectivity index (χ0n) is 14.5. The van der Waals surface area contributed by atoms with Gasteiger partial charge < -0.3 is 4.90 Å². The van der Waals surface area contributed by atoms with Gasteiger partial charge in [0, 0.05) is 25.4 Å². The SMILES string of the molecule is CCC1CCCCN1C(=O)C1=NN(c2ccccc2C)C(=O)CC1. The van der Waals surface area contributed by atoms with Crippen molar-refractivity contribution in [3.8, 4) is 0 Å². The van der Waals surface area contributed by atoms with E-state index in [9.17, 15) is 9.59 Å². The van der Waals surface area contributed by atoms with Gasteiger partial charge in [-0.25, -0.2) is 5.01 Å². The van der Waals surface area contributed by atoms with Crippen LogP contribution in [0.15, 0.2) is 29.4 Å². The fraction of sp³-hybridized carbons (Fsp3) is 0.526. The molecule has 0 radical (unpaired) electrons. The largest absolute Gasteiger partial charge is 0.335 e. The molecule has 0 N–H and O–H groups in total. The van der Waals surface area contributed by atoms with E-state index in [1.165, 1.54) is 11.4 Å². The third-order valence-corrected chi connectivity index (χ3v) is 4.98. The van der Waals surface area contributed by atoms with Crippen LogP contribution in [0, 0.1) is 6.92 Å². The van der Waals surface area contributed by atoms with Crippen LogP contribution in [0.25, 0.3) is 0 Å². The molecule has 1 saturated heterocycles. The topological polar surface area (TPSA) is 53.0 Å². The molecule has 1 unspecified atom stereocenters. The van der Waals surface area contributed by atoms with Gasteiger partial charge >= 0.3 is 0 Å². The molecule has 0 saturated carbocycles. The summed E-state index contributed by atoms with van der Waals surface area (Å²) in [4.78, 5) is 27.2. The minimum Gasteiger partial charge on any atom is -0.335 e. The second-order valence-electron chi connectivity index (χ2n) is 6.60. The van der Waals surface area contributed by atoms with Crippen molar-refractivity contribution in [1.29, 1.82) is 0 Å². The number of hydrogen-bond donors (Lipinski definition) is 0. The Hall–Kier alpha value is -2.17. The lowest BCUT2D eigenvalue weighted by molar-refractivity contribution is -0.127. The molecule has 1 aromatic rings. The number of benzene rings is 1. The van der Waals surface area contributed by atoms with Gasteiger partial charge in [0.05, 0.1) is 5.69 Å². The summed E-state index contributed by atoms with van der Waals surface area (Å²) in [6, 6.07) is 7.95. The summed E-state index contributed by atoms with van der Waals surface area (Å²) in [5.74, 6) is -0.0424. The molecule has 5 heteroatoms. The molecule has 24 heavy (non-hydrogen) atoms. The Balaban J connectivity index is 1.87. The number of aryl methyl sites for hydroxylation is 1. The van der Waals surface area contributed by atoms with Crippen molar-refractivity contribution >= 4 is 23.2 Å². The van der Waals surface area contributed by atoms with Crippen LogP contribution < -0.4 is 5.01 Å². The minimum absolute atomic E-state index is 0.00707. The highest BCUT2D eigenvalue weighted by molar-refractivity contribution is 6.40. The van der Waals surface area contributed by atoms with Gasteiger partial charge in [0.25, 0.3) is 5.91 Å². The smallest absolute Gasteiger partial charge is 0.270 e. The van der Waals surface area contributed by atoms with E-state index in [4.69, 9.17) is 0 Å². The average molecular weight is 327 g/mol. The second kappa shape index (κ2) is 7.16. The van der Waals surface area contributed by atoms with Crippen molar-refractivity contribution in [1.82, 2.24) is 4.90 Å². The molecular formula is C19H25N3O2. The highest BCUT2D eigenvalue weighted by Gasteiger charge is 2.32. The average Bonchev–Trinajstić information content (AvgIpc) is 2.62. The van der Waals surface area contributed by atoms with Crippen LogP contribution in [-0.4, -0.2) is 35.0 Å². The number of carbonyl (C=O) groups excluding carboxylic acids is 2. The maximum absolute atomic E-state index is 12.9. The summed E-state index contributed by atoms with van der Waals surface area (Å²) >= 11 is 0. The van der Waals surface area contributed by atoms with Gasteiger partial charge in [-0.3, -0.25) is 9.59 Å². The Bertz CT molecular complexity index is 668. The lowest BCUT2D eigenvalue weighted by atomic mass is 9.98. The molecule has 0 spiro atoms. The summed E-state index contributed by atoms with van der Waals surface area (Å²) < 4.78 is 0. The molecule has 2 aliphatic heterocycles. The highest BCUT2D eigenvalue weighted by atomic mass is 16.2. The van der Waals surface area contributed by atoms with Gasteiger partial charge in [0.15, 0.2) is 0 Å². The van der Waals surface area contributed by atoms with Gasteiger partial charge in [-0.05, 0) is 44.2 Å². The molecule has 0 bridgehead atoms. The number of carbonyl (C=O) groups is 2. The van der Waals surface area contributed by atoms with E-state index in [1.54, 1.807) is 0 Å². The van der Waals surface area contributed by atoms with Gasteiger partial charge in [0.1, 0.15) is 5.71 Å². The van der Waals surface area contributed by atoms with Gasteiger partial charge in [-0.15, -0.1) is 0 Å². The van der Waals surface area contributed by atoms with Crippen LogP contribution in [0.3, 0.4) is 0 Å². The molecule has 1 aromatic carbocycles. The van der Waals surface area contributed by atoms with Crippen molar-refractivity contribution in [2.75, 3.05) is 11.6 Å². The first-order valence-electron chi connectivity index (χ1n) is 8.89. The lowest BCUT2D eigenvalue weighted by Gasteiger charge is -2.36. The van der Waals surface area contributed by atoms with Gasteiger partial charge in [-0.2, -0.15) is 5.10 Å². The predicted molar refractivity (Wildman–Crippen MR) is 95.0 cm³/mol. The van der Waals surface area contributed by atoms with Crippen LogP contribution in [0.2, 0.25) is 0 Å². The molecule has 1 atom stereocenters. The van der Waals surface area contributed by atoms with Crippen LogP contribution >= 0.6 is 0 Å². The van der Waals surface area contributed by atoms with E-state index in [0.717, 1.165) is 37.1 Å². The van der Waals surface area contributed by atoms with Crippen LogP contribution in [0.4, 0.5) is 5.69 Å². The number of amides is 2. The molecule has 0 aromatic heterocycles. The summed E-state index contributed by atoms with van der Waals surface area (Å²) in [5.41, 5.74) is 2.25. The maximum atomic E-state index is 12.9. The molecule has 1 fully saturated rings. The van der Waals surface area contributed by atoms with E-state index in [0.29, 0.717) is 24.6 Å². The van der Waals surface area contributed by atoms with Crippen molar-refractivity contribution in [2.24, 2.45) is 5.10 Å². The first kappa shape index (κ1) is 16.7. The van der Waals surface area contributed by atoms with Gasteiger partial charge in [0.2, 0.25) is 5.91 Å². The number of piperidine rings is 1. The van der Waals surface area contributed by atoms with Crippen molar-refractivity contribution in [3.05, 3.63) is 29.8 Å². The van der Waals surface area contributed by atoms with Crippen molar-refractivity contribution in [2.45, 2.75) is 58.4 Å². The molecule has 0 aliphatic carbocycles. The number of para-hydroxylation sites is 1. The van der Waals surface area contributed by atoms with E-state index in [-0.39, 0.29) is 11.8 Å². The Morgan fingerprint density at radius 1 is 1.25 bits per heavy atom. The van der Waals surface area contributed by atoms with Crippen LogP contribution in [0.1, 0.15) is 51.0 Å². The second-order valence-corrected chi connectivity index (χ2v) is 6.60. The number of likely N-dealkylation sites (tertiary alicyclic amines) is 1. The standard InChI is InChI=1S/C19H25N3O2/c1-3-15-9-6-7-13-21(15)19(24)16-11-12-18(23)22(20-16)17-10-5-4-8-14(17)2/h4-5,8,10,15H,3,6-7,9,11-13H2,1-2H3. The number of rotatable bonds is 3. The molecule has 128 valence electrons. The predicted octanol–water partition coefficient (Wildman–Crippen LogP) is 3.27. The quantitative estimate of drug-likeness (QED) is 0.855. The molecule has 2 amide bonds. The summed E-state index contributed by atoms with van der Waals surface area (Å²) in [5, 5.41) is 5.86. The summed E-state index contributed by atoms with van der Waals surface area (Å²) in [6.45, 7) is 4.88. The van der Waals surface area contributed by atoms with Crippen LogP contribution in [-0.2, 0) is 9.59 Å². The van der Waals surface area contributed by atoms with E-state index >= 15 is 0 Å². The van der Waals surface area contributed by atoms with E-state index in [1.807, 2.05) is 36.1 Å². The molecule has 5 nitrogen and oxygen atoms in total. The van der Waals surface area contributed by atoms with E-state index < -0.39 is 0 Å². The molecule has 2 aliphatic rings. The normalized spacial score (nSPS) is 21.7. The summed E-state index contributed by atoms with van der Waals surface area (Å²) in [7, 11) is 0. The van der Waals surface area contributed by atoms with Gasteiger partial charge in [-0.1, -0.05) is 25.1 Å². The third-order valence-electron chi connectivity index (χ3n) is 4.98. The Kier molecular flexibility index (Phi) is 4.97. The first-order valence-corrected chi connectivity index (χ1v) is 8.89. The van der Waals surface area contributed by atoms with Crippen molar-refractivity contribution in [3.63, 3.8) is 0 Å². The molecule has 2 heterocycles. The number of hydrazone groups is 1.